The van der Waals surface area contributed by atoms with Gasteiger partial charge in [-0.05, 0) is 31.9 Å². The van der Waals surface area contributed by atoms with Gasteiger partial charge >= 0.3 is 16.2 Å². The van der Waals surface area contributed by atoms with Crippen molar-refractivity contribution < 1.29 is 32.2 Å². The van der Waals surface area contributed by atoms with Gasteiger partial charge in [0.15, 0.2) is 11.6 Å². The van der Waals surface area contributed by atoms with Crippen LogP contribution in [0.5, 0.6) is 5.75 Å². The molecule has 25 heavy (non-hydrogen) atoms. The minimum absolute atomic E-state index is 0.0286. The van der Waals surface area contributed by atoms with E-state index in [1.165, 1.54) is 6.92 Å². The third-order valence-electron chi connectivity index (χ3n) is 3.74. The third kappa shape index (κ3) is 4.26. The molecule has 0 aliphatic carbocycles. The SMILES string of the molecule is CCOc1c(C(=O)NS(=O)(=O)N2CCCCC2)ccc(C(=O)O)c1F. The Labute approximate surface area is 144 Å². The number of carbonyl (C=O) groups is 2. The number of piperidine rings is 1. The minimum Gasteiger partial charge on any atom is -0.490 e. The molecule has 1 aromatic carbocycles. The van der Waals surface area contributed by atoms with Gasteiger partial charge in [0.1, 0.15) is 0 Å². The summed E-state index contributed by atoms with van der Waals surface area (Å²) >= 11 is 0. The predicted octanol–water partition coefficient (Wildman–Crippen LogP) is 1.38. The lowest BCUT2D eigenvalue weighted by Crippen LogP contribution is -2.45. The van der Waals surface area contributed by atoms with Crippen molar-refractivity contribution in [3.63, 3.8) is 0 Å². The maximum atomic E-state index is 14.3. The van der Waals surface area contributed by atoms with Crippen LogP contribution in [0.3, 0.4) is 0 Å². The molecule has 1 fully saturated rings. The number of nitrogens with zero attached hydrogens (tertiary/aromatic N) is 1. The number of carbonyl (C=O) groups excluding carboxylic acids is 1. The minimum atomic E-state index is -4.06. The zero-order valence-corrected chi connectivity index (χ0v) is 14.4. The van der Waals surface area contributed by atoms with E-state index >= 15 is 0 Å². The van der Waals surface area contributed by atoms with Crippen molar-refractivity contribution in [1.29, 1.82) is 0 Å². The van der Waals surface area contributed by atoms with E-state index in [1.807, 2.05) is 4.72 Å². The van der Waals surface area contributed by atoms with Crippen molar-refractivity contribution in [2.75, 3.05) is 19.7 Å². The second-order valence-electron chi connectivity index (χ2n) is 5.44. The molecule has 0 spiro atoms. The van der Waals surface area contributed by atoms with Gasteiger partial charge in [0, 0.05) is 13.1 Å². The lowest BCUT2D eigenvalue weighted by Gasteiger charge is -2.25. The van der Waals surface area contributed by atoms with E-state index in [9.17, 15) is 22.4 Å². The number of hydrogen-bond donors (Lipinski definition) is 2. The molecular formula is C15H19FN2O6S. The molecule has 138 valence electrons. The third-order valence-corrected chi connectivity index (χ3v) is 5.23. The first-order valence-electron chi connectivity index (χ1n) is 7.78. The quantitative estimate of drug-likeness (QED) is 0.778. The molecule has 0 unspecified atom stereocenters. The van der Waals surface area contributed by atoms with E-state index in [2.05, 4.69) is 0 Å². The van der Waals surface area contributed by atoms with Gasteiger partial charge in [0.05, 0.1) is 17.7 Å². The predicted molar refractivity (Wildman–Crippen MR) is 86.3 cm³/mol. The van der Waals surface area contributed by atoms with Crippen LogP contribution in [0, 0.1) is 5.82 Å². The zero-order chi connectivity index (χ0) is 18.6. The van der Waals surface area contributed by atoms with Crippen molar-refractivity contribution in [3.05, 3.63) is 29.1 Å². The molecule has 1 heterocycles. The highest BCUT2D eigenvalue weighted by Crippen LogP contribution is 2.26. The molecule has 0 saturated carbocycles. The lowest BCUT2D eigenvalue weighted by atomic mass is 10.1. The second kappa shape index (κ2) is 7.79. The molecule has 1 aliphatic heterocycles. The summed E-state index contributed by atoms with van der Waals surface area (Å²) in [4.78, 5) is 23.3. The summed E-state index contributed by atoms with van der Waals surface area (Å²) in [5, 5.41) is 8.95. The summed E-state index contributed by atoms with van der Waals surface area (Å²) in [5.74, 6) is -4.41. The van der Waals surface area contributed by atoms with Crippen molar-refractivity contribution in [2.24, 2.45) is 0 Å². The van der Waals surface area contributed by atoms with Crippen LogP contribution in [0.25, 0.3) is 0 Å². The Morgan fingerprint density at radius 1 is 1.24 bits per heavy atom. The molecule has 1 amide bonds. The fraction of sp³-hybridized carbons (Fsp3) is 0.467. The van der Waals surface area contributed by atoms with Crippen LogP contribution in [-0.4, -0.2) is 49.4 Å². The van der Waals surface area contributed by atoms with Gasteiger partial charge in [-0.2, -0.15) is 12.7 Å². The molecule has 0 bridgehead atoms. The first kappa shape index (κ1) is 19.1. The van der Waals surface area contributed by atoms with E-state index < -0.39 is 39.2 Å². The first-order chi connectivity index (χ1) is 11.8. The summed E-state index contributed by atoms with van der Waals surface area (Å²) < 4.78 is 46.9. The van der Waals surface area contributed by atoms with Gasteiger partial charge in [-0.25, -0.2) is 13.9 Å². The maximum absolute atomic E-state index is 14.3. The molecule has 2 N–H and O–H groups in total. The highest BCUT2D eigenvalue weighted by atomic mass is 32.2. The molecule has 2 rings (SSSR count). The molecule has 0 radical (unpaired) electrons. The molecule has 1 aromatic rings. The van der Waals surface area contributed by atoms with Crippen molar-refractivity contribution >= 4 is 22.1 Å². The smallest absolute Gasteiger partial charge is 0.338 e. The van der Waals surface area contributed by atoms with Crippen molar-refractivity contribution in [1.82, 2.24) is 9.03 Å². The topological polar surface area (TPSA) is 113 Å². The number of ether oxygens (including phenoxy) is 1. The Kier molecular flexibility index (Phi) is 5.96. The van der Waals surface area contributed by atoms with Gasteiger partial charge < -0.3 is 9.84 Å². The number of carboxylic acid groups (broad SMARTS) is 1. The molecule has 1 aliphatic rings. The molecule has 8 nitrogen and oxygen atoms in total. The Morgan fingerprint density at radius 2 is 1.84 bits per heavy atom. The number of halogens is 1. The van der Waals surface area contributed by atoms with Gasteiger partial charge in [-0.1, -0.05) is 6.42 Å². The average molecular weight is 374 g/mol. The van der Waals surface area contributed by atoms with Gasteiger partial charge in [0.25, 0.3) is 5.91 Å². The van der Waals surface area contributed by atoms with Crippen LogP contribution >= 0.6 is 0 Å². The first-order valence-corrected chi connectivity index (χ1v) is 9.22. The van der Waals surface area contributed by atoms with Crippen LogP contribution in [0.4, 0.5) is 4.39 Å². The zero-order valence-electron chi connectivity index (χ0n) is 13.6. The standard InChI is InChI=1S/C15H19FN2O6S/c1-2-24-13-11(7-6-10(12(13)16)15(20)21)14(19)17-25(22,23)18-8-4-3-5-9-18/h6-7H,2-5,8-9H2,1H3,(H,17,19)(H,20,21). The largest absolute Gasteiger partial charge is 0.490 e. The van der Waals surface area contributed by atoms with E-state index in [0.717, 1.165) is 22.9 Å². The van der Waals surface area contributed by atoms with Gasteiger partial charge in [-0.3, -0.25) is 4.79 Å². The lowest BCUT2D eigenvalue weighted by molar-refractivity contribution is 0.0689. The summed E-state index contributed by atoms with van der Waals surface area (Å²) in [7, 11) is -4.06. The maximum Gasteiger partial charge on any atom is 0.338 e. The van der Waals surface area contributed by atoms with Crippen LogP contribution in [0.15, 0.2) is 12.1 Å². The average Bonchev–Trinajstić information content (AvgIpc) is 2.56. The Balaban J connectivity index is 2.32. The summed E-state index contributed by atoms with van der Waals surface area (Å²) in [6.45, 7) is 2.10. The number of nitrogens with one attached hydrogen (secondary N) is 1. The number of amides is 1. The highest BCUT2D eigenvalue weighted by Gasteiger charge is 2.29. The van der Waals surface area contributed by atoms with Crippen LogP contribution in [0.1, 0.15) is 46.9 Å². The van der Waals surface area contributed by atoms with E-state index in [1.54, 1.807) is 0 Å². The Bertz CT molecular complexity index is 774. The van der Waals surface area contributed by atoms with E-state index in [4.69, 9.17) is 9.84 Å². The van der Waals surface area contributed by atoms with E-state index in [-0.39, 0.29) is 12.2 Å². The molecule has 1 saturated heterocycles. The van der Waals surface area contributed by atoms with Crippen molar-refractivity contribution in [2.45, 2.75) is 26.2 Å². The Hall–Kier alpha value is -2.20. The molecular weight excluding hydrogens is 355 g/mol. The van der Waals surface area contributed by atoms with Crippen LogP contribution < -0.4 is 9.46 Å². The van der Waals surface area contributed by atoms with Crippen molar-refractivity contribution in [3.8, 4) is 5.75 Å². The summed E-state index contributed by atoms with van der Waals surface area (Å²) in [6, 6.07) is 1.92. The van der Waals surface area contributed by atoms with Crippen LogP contribution in [0.2, 0.25) is 0 Å². The number of carboxylic acids is 1. The number of aromatic carboxylic acids is 1. The molecule has 0 aromatic heterocycles. The summed E-state index contributed by atoms with van der Waals surface area (Å²) in [6.07, 6.45) is 2.30. The van der Waals surface area contributed by atoms with Gasteiger partial charge in [-0.15, -0.1) is 0 Å². The summed E-state index contributed by atoms with van der Waals surface area (Å²) in [5.41, 5.74) is -1.05. The number of hydrogen-bond acceptors (Lipinski definition) is 5. The number of rotatable bonds is 6. The fourth-order valence-electron chi connectivity index (χ4n) is 2.53. The fourth-order valence-corrected chi connectivity index (χ4v) is 3.74. The highest BCUT2D eigenvalue weighted by molar-refractivity contribution is 7.87. The van der Waals surface area contributed by atoms with E-state index in [0.29, 0.717) is 25.9 Å². The van der Waals surface area contributed by atoms with Crippen LogP contribution in [-0.2, 0) is 10.2 Å². The molecule has 10 heteroatoms. The number of benzene rings is 1. The van der Waals surface area contributed by atoms with Gasteiger partial charge in [0.2, 0.25) is 0 Å². The Morgan fingerprint density at radius 3 is 2.40 bits per heavy atom. The molecule has 0 atom stereocenters. The monoisotopic (exact) mass is 374 g/mol. The second-order valence-corrected chi connectivity index (χ2v) is 7.11. The normalized spacial score (nSPS) is 15.6.